The van der Waals surface area contributed by atoms with E-state index in [4.69, 9.17) is 4.98 Å². The van der Waals surface area contributed by atoms with Gasteiger partial charge in [-0.1, -0.05) is 188 Å². The maximum Gasteiger partial charge on any atom is 0.0893 e. The zero-order valence-corrected chi connectivity index (χ0v) is 34.1. The molecule has 0 saturated heterocycles. The van der Waals surface area contributed by atoms with Gasteiger partial charge in [-0.3, -0.25) is 4.98 Å². The van der Waals surface area contributed by atoms with E-state index in [1.807, 2.05) is 30.3 Å². The Bertz CT molecular complexity index is 3400. The fourth-order valence-electron chi connectivity index (χ4n) is 9.88. The molecule has 2 aliphatic rings. The van der Waals surface area contributed by atoms with E-state index in [0.29, 0.717) is 0 Å². The number of aromatic nitrogens is 2. The van der Waals surface area contributed by atoms with Crippen LogP contribution in [0.5, 0.6) is 0 Å². The van der Waals surface area contributed by atoms with Crippen molar-refractivity contribution in [2.75, 3.05) is 0 Å². The molecule has 0 aliphatic heterocycles. The van der Waals surface area contributed by atoms with Crippen molar-refractivity contribution in [3.63, 3.8) is 0 Å². The second-order valence-electron chi connectivity index (χ2n) is 16.3. The number of hydrogen-bond donors (Lipinski definition) is 0. The van der Waals surface area contributed by atoms with Crippen LogP contribution < -0.4 is 0 Å². The molecule has 8 aromatic carbocycles. The Labute approximate surface area is 361 Å². The van der Waals surface area contributed by atoms with E-state index in [9.17, 15) is 0 Å². The number of fused-ring (bicyclic) bond motifs is 4. The number of benzene rings is 8. The number of allylic oxidation sites excluding steroid dienone is 4. The summed E-state index contributed by atoms with van der Waals surface area (Å²) in [6, 6.07) is 70.4. The first-order valence-electron chi connectivity index (χ1n) is 21.5. The van der Waals surface area contributed by atoms with Crippen molar-refractivity contribution in [3.8, 4) is 89.4 Å². The Kier molecular flexibility index (Phi) is 8.67. The quantitative estimate of drug-likeness (QED) is 0.161. The van der Waals surface area contributed by atoms with Crippen LogP contribution in [0.15, 0.2) is 219 Å². The minimum absolute atomic E-state index is 0.873. The molecule has 10 aromatic rings. The van der Waals surface area contributed by atoms with E-state index in [1.165, 1.54) is 99.4 Å². The second kappa shape index (κ2) is 15.0. The van der Waals surface area contributed by atoms with Crippen molar-refractivity contribution in [2.45, 2.75) is 12.8 Å². The highest BCUT2D eigenvalue weighted by Gasteiger charge is 2.31. The standard InChI is InChI=1S/C60H40N2/c1-3-13-45(14-4-1)56-49-17-7-8-18-50(49)57(46-15-5-2-6-16-46)60-52-37-36-47(48-19-11-20-51(58(48)52)59(56)60)43-32-28-41(29-33-43)39-24-26-40(27-25-39)42-30-34-44(35-31-42)53-22-12-23-55(62-53)54-21-9-10-38-61-54/h1-5,7-15,17-38H,6,16H2. The van der Waals surface area contributed by atoms with Crippen LogP contribution in [0.4, 0.5) is 0 Å². The minimum atomic E-state index is 0.873. The topological polar surface area (TPSA) is 25.8 Å². The van der Waals surface area contributed by atoms with Gasteiger partial charge in [0.1, 0.15) is 0 Å². The zero-order chi connectivity index (χ0) is 41.0. The molecule has 2 aliphatic carbocycles. The van der Waals surface area contributed by atoms with Gasteiger partial charge in [0.15, 0.2) is 0 Å². The SMILES string of the molecule is C1=CCCC(c2c3c(c(-c4ccccc4)c4ccccc24)-c2cccc4c(-c5ccc(-c6ccc(-c7ccc(-c8cccc(-c9ccccn9)n8)cc7)cc6)cc5)ccc-3c24)=C1. The van der Waals surface area contributed by atoms with Crippen LogP contribution in [0, 0.1) is 0 Å². The van der Waals surface area contributed by atoms with Crippen molar-refractivity contribution >= 4 is 27.1 Å². The summed E-state index contributed by atoms with van der Waals surface area (Å²) in [5, 5.41) is 5.28. The summed E-state index contributed by atoms with van der Waals surface area (Å²) in [5.74, 6) is 0. The molecule has 0 atom stereocenters. The molecular formula is C60H40N2. The average Bonchev–Trinajstić information content (AvgIpc) is 3.69. The van der Waals surface area contributed by atoms with Gasteiger partial charge in [-0.15, -0.1) is 0 Å². The average molecular weight is 789 g/mol. The molecule has 0 N–H and O–H groups in total. The monoisotopic (exact) mass is 788 g/mol. The first-order valence-corrected chi connectivity index (χ1v) is 21.5. The van der Waals surface area contributed by atoms with Crippen molar-refractivity contribution in [1.82, 2.24) is 9.97 Å². The normalized spacial score (nSPS) is 12.7. The summed E-state index contributed by atoms with van der Waals surface area (Å²) in [4.78, 5) is 9.37. The predicted octanol–water partition coefficient (Wildman–Crippen LogP) is 16.2. The van der Waals surface area contributed by atoms with Gasteiger partial charge in [-0.25, -0.2) is 4.98 Å². The van der Waals surface area contributed by atoms with Gasteiger partial charge in [0.25, 0.3) is 0 Å². The van der Waals surface area contributed by atoms with Crippen LogP contribution >= 0.6 is 0 Å². The molecule has 0 radical (unpaired) electrons. The molecule has 0 spiro atoms. The Morgan fingerprint density at radius 2 is 0.887 bits per heavy atom. The lowest BCUT2D eigenvalue weighted by Gasteiger charge is -2.22. The number of pyridine rings is 2. The molecular weight excluding hydrogens is 749 g/mol. The highest BCUT2D eigenvalue weighted by Crippen LogP contribution is 2.58. The number of rotatable bonds is 7. The number of nitrogens with zero attached hydrogens (tertiary/aromatic N) is 2. The molecule has 0 saturated carbocycles. The van der Waals surface area contributed by atoms with Gasteiger partial charge in [0, 0.05) is 11.8 Å². The lowest BCUT2D eigenvalue weighted by atomic mass is 9.81. The lowest BCUT2D eigenvalue weighted by Crippen LogP contribution is -1.97. The fraction of sp³-hybridized carbons (Fsp3) is 0.0333. The summed E-state index contributed by atoms with van der Waals surface area (Å²) in [6.07, 6.45) is 10.8. The van der Waals surface area contributed by atoms with E-state index in [0.717, 1.165) is 35.5 Å². The first-order chi connectivity index (χ1) is 30.8. The van der Waals surface area contributed by atoms with Crippen LogP contribution in [0.25, 0.3) is 117 Å². The van der Waals surface area contributed by atoms with E-state index in [2.05, 4.69) is 187 Å². The Morgan fingerprint density at radius 3 is 1.56 bits per heavy atom. The Hall–Kier alpha value is -7.94. The van der Waals surface area contributed by atoms with E-state index in [1.54, 1.807) is 6.20 Å². The Morgan fingerprint density at radius 1 is 0.339 bits per heavy atom. The molecule has 62 heavy (non-hydrogen) atoms. The molecule has 290 valence electrons. The molecule has 12 rings (SSSR count). The van der Waals surface area contributed by atoms with E-state index >= 15 is 0 Å². The second-order valence-corrected chi connectivity index (χ2v) is 16.3. The molecule has 2 nitrogen and oxygen atoms in total. The summed E-state index contributed by atoms with van der Waals surface area (Å²) < 4.78 is 0. The number of hydrogen-bond acceptors (Lipinski definition) is 2. The highest BCUT2D eigenvalue weighted by molar-refractivity contribution is 6.27. The van der Waals surface area contributed by atoms with Crippen molar-refractivity contribution < 1.29 is 0 Å². The van der Waals surface area contributed by atoms with Crippen LogP contribution in [0.1, 0.15) is 18.4 Å². The van der Waals surface area contributed by atoms with Crippen LogP contribution in [-0.2, 0) is 0 Å². The smallest absolute Gasteiger partial charge is 0.0893 e. The zero-order valence-electron chi connectivity index (χ0n) is 34.1. The molecule has 0 fully saturated rings. The minimum Gasteiger partial charge on any atom is -0.255 e. The fourth-order valence-corrected chi connectivity index (χ4v) is 9.88. The maximum atomic E-state index is 4.90. The molecule has 2 heteroatoms. The van der Waals surface area contributed by atoms with Crippen LogP contribution in [0.3, 0.4) is 0 Å². The lowest BCUT2D eigenvalue weighted by molar-refractivity contribution is 1.06. The summed E-state index contributed by atoms with van der Waals surface area (Å²) in [7, 11) is 0. The highest BCUT2D eigenvalue weighted by atomic mass is 14.8. The van der Waals surface area contributed by atoms with Gasteiger partial charge in [-0.05, 0) is 137 Å². The Balaban J connectivity index is 0.880. The van der Waals surface area contributed by atoms with E-state index in [-0.39, 0.29) is 0 Å². The van der Waals surface area contributed by atoms with Crippen molar-refractivity contribution in [3.05, 3.63) is 224 Å². The molecule has 0 unspecified atom stereocenters. The third-order valence-electron chi connectivity index (χ3n) is 12.8. The molecule has 2 aromatic heterocycles. The van der Waals surface area contributed by atoms with Gasteiger partial charge in [0.05, 0.1) is 17.1 Å². The van der Waals surface area contributed by atoms with Gasteiger partial charge in [0.2, 0.25) is 0 Å². The summed E-state index contributed by atoms with van der Waals surface area (Å²) in [5.41, 5.74) is 21.8. The van der Waals surface area contributed by atoms with Gasteiger partial charge in [-0.2, -0.15) is 0 Å². The molecule has 0 bridgehead atoms. The molecule has 0 amide bonds. The van der Waals surface area contributed by atoms with Crippen molar-refractivity contribution in [2.24, 2.45) is 0 Å². The molecule has 2 heterocycles. The third-order valence-corrected chi connectivity index (χ3v) is 12.8. The largest absolute Gasteiger partial charge is 0.255 e. The first kappa shape index (κ1) is 36.0. The van der Waals surface area contributed by atoms with Crippen molar-refractivity contribution in [1.29, 1.82) is 0 Å². The summed E-state index contributed by atoms with van der Waals surface area (Å²) >= 11 is 0. The maximum absolute atomic E-state index is 4.90. The summed E-state index contributed by atoms with van der Waals surface area (Å²) in [6.45, 7) is 0. The van der Waals surface area contributed by atoms with Gasteiger partial charge >= 0.3 is 0 Å². The third kappa shape index (κ3) is 6.03. The predicted molar refractivity (Wildman–Crippen MR) is 260 cm³/mol. The van der Waals surface area contributed by atoms with E-state index < -0.39 is 0 Å². The van der Waals surface area contributed by atoms with Crippen LogP contribution in [0.2, 0.25) is 0 Å². The van der Waals surface area contributed by atoms with Crippen LogP contribution in [-0.4, -0.2) is 9.97 Å². The van der Waals surface area contributed by atoms with Gasteiger partial charge < -0.3 is 0 Å².